The van der Waals surface area contributed by atoms with Gasteiger partial charge in [0, 0.05) is 6.54 Å². The summed E-state index contributed by atoms with van der Waals surface area (Å²) < 4.78 is 16.6. The van der Waals surface area contributed by atoms with Gasteiger partial charge in [-0.1, -0.05) is 13.3 Å². The van der Waals surface area contributed by atoms with E-state index in [1.54, 1.807) is 7.11 Å². The zero-order valence-electron chi connectivity index (χ0n) is 14.6. The van der Waals surface area contributed by atoms with Gasteiger partial charge >= 0.3 is 5.97 Å². The Balaban J connectivity index is 2.33. The second kappa shape index (κ2) is 8.20. The number of fused-ring (bicyclic) bond motifs is 1. The average Bonchev–Trinajstić information content (AvgIpc) is 2.54. The van der Waals surface area contributed by atoms with E-state index >= 15 is 0 Å². The third-order valence-electron chi connectivity index (χ3n) is 4.16. The first kappa shape index (κ1) is 17.6. The van der Waals surface area contributed by atoms with Gasteiger partial charge in [0.05, 0.1) is 20.3 Å². The maximum atomic E-state index is 12.3. The molecule has 128 valence electrons. The van der Waals surface area contributed by atoms with Crippen molar-refractivity contribution in [3.05, 3.63) is 23.3 Å². The molecular weight excluding hydrogens is 294 g/mol. The number of carbonyl (C=O) groups excluding carboxylic acids is 1. The van der Waals surface area contributed by atoms with Gasteiger partial charge in [0.2, 0.25) is 0 Å². The number of benzene rings is 1. The van der Waals surface area contributed by atoms with Crippen molar-refractivity contribution in [2.24, 2.45) is 0 Å². The summed E-state index contributed by atoms with van der Waals surface area (Å²) in [6.45, 7) is 5.83. The quantitative estimate of drug-likeness (QED) is 0.571. The highest BCUT2D eigenvalue weighted by Gasteiger charge is 2.33. The van der Waals surface area contributed by atoms with Gasteiger partial charge < -0.3 is 14.2 Å². The standard InChI is InChI=1S/C18H27NO4/c1-5-7-10-23-16-11-13-8-9-19(3)17(18(20)22-6-2)14(13)12-15(16)21-4/h11-12,17H,5-10H2,1-4H3. The van der Waals surface area contributed by atoms with Crippen molar-refractivity contribution >= 4 is 5.97 Å². The number of carbonyl (C=O) groups is 1. The van der Waals surface area contributed by atoms with Crippen molar-refractivity contribution in [2.75, 3.05) is 33.9 Å². The molecule has 1 heterocycles. The first-order valence-electron chi connectivity index (χ1n) is 8.32. The molecule has 0 N–H and O–H groups in total. The molecule has 23 heavy (non-hydrogen) atoms. The summed E-state index contributed by atoms with van der Waals surface area (Å²) in [6.07, 6.45) is 2.98. The van der Waals surface area contributed by atoms with E-state index in [0.717, 1.165) is 42.7 Å². The van der Waals surface area contributed by atoms with E-state index < -0.39 is 0 Å². The van der Waals surface area contributed by atoms with E-state index in [2.05, 4.69) is 6.92 Å². The van der Waals surface area contributed by atoms with E-state index in [4.69, 9.17) is 14.2 Å². The zero-order chi connectivity index (χ0) is 16.8. The Bertz CT molecular complexity index is 544. The van der Waals surface area contributed by atoms with Gasteiger partial charge in [-0.2, -0.15) is 0 Å². The number of esters is 1. The summed E-state index contributed by atoms with van der Waals surface area (Å²) in [7, 11) is 3.57. The number of nitrogens with zero attached hydrogens (tertiary/aromatic N) is 1. The van der Waals surface area contributed by atoms with Gasteiger partial charge in [-0.05, 0) is 50.1 Å². The van der Waals surface area contributed by atoms with E-state index in [9.17, 15) is 4.79 Å². The summed E-state index contributed by atoms with van der Waals surface area (Å²) in [4.78, 5) is 14.4. The first-order chi connectivity index (χ1) is 11.1. The van der Waals surface area contributed by atoms with Gasteiger partial charge in [-0.15, -0.1) is 0 Å². The van der Waals surface area contributed by atoms with Crippen LogP contribution in [0.3, 0.4) is 0 Å². The van der Waals surface area contributed by atoms with E-state index in [0.29, 0.717) is 19.0 Å². The monoisotopic (exact) mass is 321 g/mol. The third-order valence-corrected chi connectivity index (χ3v) is 4.16. The number of ether oxygens (including phenoxy) is 3. The number of hydrogen-bond donors (Lipinski definition) is 0. The fourth-order valence-corrected chi connectivity index (χ4v) is 2.88. The topological polar surface area (TPSA) is 48.0 Å². The second-order valence-corrected chi connectivity index (χ2v) is 5.79. The van der Waals surface area contributed by atoms with Gasteiger partial charge in [0.15, 0.2) is 11.5 Å². The lowest BCUT2D eigenvalue weighted by Crippen LogP contribution is -2.37. The minimum absolute atomic E-state index is 0.211. The molecule has 1 aliphatic rings. The maximum Gasteiger partial charge on any atom is 0.328 e. The van der Waals surface area contributed by atoms with E-state index in [1.807, 2.05) is 31.0 Å². The molecule has 0 aromatic heterocycles. The van der Waals surface area contributed by atoms with Gasteiger partial charge in [0.25, 0.3) is 0 Å². The van der Waals surface area contributed by atoms with Crippen LogP contribution in [-0.4, -0.2) is 44.8 Å². The number of rotatable bonds is 7. The summed E-state index contributed by atoms with van der Waals surface area (Å²) in [5.74, 6) is 1.22. The largest absolute Gasteiger partial charge is 0.493 e. The molecule has 2 rings (SSSR count). The summed E-state index contributed by atoms with van der Waals surface area (Å²) in [5.41, 5.74) is 2.09. The number of likely N-dealkylation sites (N-methyl/N-ethyl adjacent to an activating group) is 1. The van der Waals surface area contributed by atoms with Crippen LogP contribution in [0.2, 0.25) is 0 Å². The van der Waals surface area contributed by atoms with Crippen LogP contribution in [-0.2, 0) is 16.0 Å². The Hall–Kier alpha value is -1.75. The van der Waals surface area contributed by atoms with Crippen molar-refractivity contribution in [3.8, 4) is 11.5 Å². The van der Waals surface area contributed by atoms with Gasteiger partial charge in [-0.3, -0.25) is 4.90 Å². The highest BCUT2D eigenvalue weighted by molar-refractivity contribution is 5.79. The molecule has 0 radical (unpaired) electrons. The molecule has 0 bridgehead atoms. The van der Waals surface area contributed by atoms with E-state index in [1.165, 1.54) is 0 Å². The van der Waals surface area contributed by atoms with Crippen molar-refractivity contribution in [2.45, 2.75) is 39.2 Å². The van der Waals surface area contributed by atoms with Crippen LogP contribution < -0.4 is 9.47 Å². The highest BCUT2D eigenvalue weighted by atomic mass is 16.5. The molecule has 0 saturated heterocycles. The molecule has 1 aliphatic heterocycles. The number of methoxy groups -OCH3 is 1. The van der Waals surface area contributed by atoms with Gasteiger partial charge in [0.1, 0.15) is 6.04 Å². The van der Waals surface area contributed by atoms with Crippen LogP contribution in [0, 0.1) is 0 Å². The van der Waals surface area contributed by atoms with Crippen LogP contribution in [0.15, 0.2) is 12.1 Å². The molecule has 1 atom stereocenters. The third kappa shape index (κ3) is 3.96. The molecule has 0 saturated carbocycles. The summed E-state index contributed by atoms with van der Waals surface area (Å²) >= 11 is 0. The Kier molecular flexibility index (Phi) is 6.28. The van der Waals surface area contributed by atoms with Crippen LogP contribution in [0.25, 0.3) is 0 Å². The smallest absolute Gasteiger partial charge is 0.328 e. The zero-order valence-corrected chi connectivity index (χ0v) is 14.6. The van der Waals surface area contributed by atoms with Gasteiger partial charge in [-0.25, -0.2) is 4.79 Å². The lowest BCUT2D eigenvalue weighted by Gasteiger charge is -2.33. The van der Waals surface area contributed by atoms with Crippen LogP contribution in [0.4, 0.5) is 0 Å². The minimum Gasteiger partial charge on any atom is -0.493 e. The van der Waals surface area contributed by atoms with E-state index in [-0.39, 0.29) is 12.0 Å². The highest BCUT2D eigenvalue weighted by Crippen LogP contribution is 2.38. The molecule has 0 fully saturated rings. The maximum absolute atomic E-state index is 12.3. The number of hydrogen-bond acceptors (Lipinski definition) is 5. The summed E-state index contributed by atoms with van der Waals surface area (Å²) in [6, 6.07) is 3.56. The van der Waals surface area contributed by atoms with Crippen molar-refractivity contribution < 1.29 is 19.0 Å². The molecule has 0 spiro atoms. The summed E-state index contributed by atoms with van der Waals surface area (Å²) in [5, 5.41) is 0. The Labute approximate surface area is 138 Å². The SMILES string of the molecule is CCCCOc1cc2c(cc1OC)C(C(=O)OCC)N(C)CC2. The second-order valence-electron chi connectivity index (χ2n) is 5.79. The molecule has 0 aliphatic carbocycles. The minimum atomic E-state index is -0.378. The van der Waals surface area contributed by atoms with Crippen molar-refractivity contribution in [1.82, 2.24) is 4.90 Å². The molecule has 1 aromatic rings. The van der Waals surface area contributed by atoms with Crippen molar-refractivity contribution in [1.29, 1.82) is 0 Å². The Morgan fingerprint density at radius 1 is 1.30 bits per heavy atom. The molecular formula is C18H27NO4. The fourth-order valence-electron chi connectivity index (χ4n) is 2.88. The first-order valence-corrected chi connectivity index (χ1v) is 8.32. The molecule has 0 amide bonds. The van der Waals surface area contributed by atoms with Crippen LogP contribution >= 0.6 is 0 Å². The van der Waals surface area contributed by atoms with Crippen LogP contribution in [0.5, 0.6) is 11.5 Å². The lowest BCUT2D eigenvalue weighted by molar-refractivity contribution is -0.149. The molecule has 5 heteroatoms. The fraction of sp³-hybridized carbons (Fsp3) is 0.611. The molecule has 1 unspecified atom stereocenters. The van der Waals surface area contributed by atoms with Crippen molar-refractivity contribution in [3.63, 3.8) is 0 Å². The lowest BCUT2D eigenvalue weighted by atomic mass is 9.92. The normalized spacial score (nSPS) is 17.5. The Morgan fingerprint density at radius 3 is 2.74 bits per heavy atom. The molecule has 1 aromatic carbocycles. The van der Waals surface area contributed by atoms with Crippen LogP contribution in [0.1, 0.15) is 43.9 Å². The predicted octanol–water partition coefficient (Wildman–Crippen LogP) is 2.97. The number of unbranched alkanes of at least 4 members (excludes halogenated alkanes) is 1. The molecule has 5 nitrogen and oxygen atoms in total. The Morgan fingerprint density at radius 2 is 2.09 bits per heavy atom. The predicted molar refractivity (Wildman–Crippen MR) is 89.1 cm³/mol. The average molecular weight is 321 g/mol.